The number of fused-ring (bicyclic) bond motifs is 8. The maximum absolute atomic E-state index is 2.75. The number of anilines is 18. The van der Waals surface area contributed by atoms with E-state index in [9.17, 15) is 0 Å². The van der Waals surface area contributed by atoms with Crippen LogP contribution in [0.4, 0.5) is 102 Å². The molecule has 0 radical (unpaired) electrons. The van der Waals surface area contributed by atoms with Gasteiger partial charge in [-0.2, -0.15) is 0 Å². The fraction of sp³-hybridized carbons (Fsp3) is 0. The Hall–Kier alpha value is -18.2. The molecule has 0 amide bonds. The molecule has 26 rings (SSSR count). The largest absolute Gasteiger partial charge is 0.311 e. The van der Waals surface area contributed by atoms with Gasteiger partial charge < -0.3 is 29.4 Å². The molecular weight excluding hydrogens is 1690 g/mol. The monoisotopic (exact) mass is 1780 g/mol. The van der Waals surface area contributed by atoms with Gasteiger partial charge in [-0.05, 0) is 168 Å². The van der Waals surface area contributed by atoms with Crippen LogP contribution in [0.3, 0.4) is 0 Å². The summed E-state index contributed by atoms with van der Waals surface area (Å²) in [5.74, 6) is 0. The SMILES string of the molecule is c1ccc(-c2ccccc2N(c2cc3c4c(c2)N(c2ccccc2-c2ccccc2)c2cc5c(cc2B4c2ccccc2N3c2ccccc2-c2ccccc2)B2c3ccccc3N(c3ccccc3-c3ccccc3)c3cc(N(c4ccccc4-c4ccccc4)c4ccccc4-c4ccccc4)cc(c32)N5c2c(-c3ccccc3)cccc2-c2ccccc2)c2ccccc2-c2ccccc2)cc1. The average Bonchev–Trinajstić information content (AvgIpc) is 0.675. The van der Waals surface area contributed by atoms with Crippen molar-refractivity contribution in [1.29, 1.82) is 0 Å². The molecular formula is C132H90B2N6. The molecule has 0 fully saturated rings. The first-order valence-corrected chi connectivity index (χ1v) is 48.4. The maximum Gasteiger partial charge on any atom is 0.252 e. The van der Waals surface area contributed by atoms with Crippen molar-refractivity contribution < 1.29 is 0 Å². The summed E-state index contributed by atoms with van der Waals surface area (Å²) in [6.45, 7) is -0.798. The third-order valence-corrected chi connectivity index (χ3v) is 28.6. The standard InChI is InChI=1S/C132H90B2N6/c1-10-47-91(48-11-1)102-65-28-37-76-115(102)135(116-77-38-29-66-103(116)92-49-12-2-13-50-92)100-85-126-130-128(87-100)139(121-82-43-34-71-108(121)97-59-22-7-23-60-97)124-90-125-114(89-113(124)133(130)111-74-35-44-83-122(111)137(126)119-80-41-32-69-106(119)95-55-18-5-19-56-95)134-112-75-36-45-84-123(112)138(120-81-42-33-70-107(120)96-57-20-6-21-58-96)127-86-101(88-129(131(127)134)140(125)132-109(98-61-24-8-25-62-98)72-46-73-110(132)99-63-26-9-27-64-99)136(117-78-39-30-67-104(117)93-51-14-3-15-52-93)118-79-40-31-68-105(118)94-53-16-4-17-54-94/h1-90H. The molecule has 0 atom stereocenters. The van der Waals surface area contributed by atoms with Gasteiger partial charge >= 0.3 is 0 Å². The molecule has 0 saturated carbocycles. The predicted octanol–water partition coefficient (Wildman–Crippen LogP) is 31.8. The van der Waals surface area contributed by atoms with E-state index >= 15 is 0 Å². The number of benzene rings is 22. The molecule has 4 heterocycles. The van der Waals surface area contributed by atoms with Gasteiger partial charge in [0.15, 0.2) is 0 Å². The molecule has 0 aliphatic carbocycles. The van der Waals surface area contributed by atoms with Crippen LogP contribution in [0.15, 0.2) is 546 Å². The number of hydrogen-bond acceptors (Lipinski definition) is 6. The van der Waals surface area contributed by atoms with Crippen LogP contribution < -0.4 is 62.2 Å². The minimum atomic E-state index is -0.406. The fourth-order valence-electron chi connectivity index (χ4n) is 22.6. The first-order valence-electron chi connectivity index (χ1n) is 48.4. The first-order chi connectivity index (χ1) is 69.6. The van der Waals surface area contributed by atoms with Crippen LogP contribution >= 0.6 is 0 Å². The molecule has 4 aliphatic rings. The van der Waals surface area contributed by atoms with Crippen LogP contribution in [0.1, 0.15) is 0 Å². The molecule has 0 bridgehead atoms. The van der Waals surface area contributed by atoms with Gasteiger partial charge in [-0.3, -0.25) is 0 Å². The molecule has 0 spiro atoms. The molecule has 4 aliphatic heterocycles. The van der Waals surface area contributed by atoms with Crippen molar-refractivity contribution >= 4 is 149 Å². The molecule has 0 aromatic heterocycles. The number of nitrogens with zero attached hydrogens (tertiary/aromatic N) is 6. The van der Waals surface area contributed by atoms with Crippen molar-refractivity contribution in [3.63, 3.8) is 0 Å². The van der Waals surface area contributed by atoms with Gasteiger partial charge in [0.2, 0.25) is 0 Å². The van der Waals surface area contributed by atoms with Crippen LogP contribution in [0.5, 0.6) is 0 Å². The quantitative estimate of drug-likeness (QED) is 0.0746. The molecule has 22 aromatic rings. The fourth-order valence-corrected chi connectivity index (χ4v) is 22.6. The van der Waals surface area contributed by atoms with Crippen molar-refractivity contribution in [2.45, 2.75) is 0 Å². The Kier molecular flexibility index (Phi) is 20.7. The second-order valence-corrected chi connectivity index (χ2v) is 36.4. The normalized spacial score (nSPS) is 12.3. The summed E-state index contributed by atoms with van der Waals surface area (Å²) in [5.41, 5.74) is 45.5. The molecule has 654 valence electrons. The lowest BCUT2D eigenvalue weighted by molar-refractivity contribution is 1.21. The second-order valence-electron chi connectivity index (χ2n) is 36.4. The molecule has 6 nitrogen and oxygen atoms in total. The molecule has 22 aromatic carbocycles. The zero-order chi connectivity index (χ0) is 92.5. The number of hydrogen-bond donors (Lipinski definition) is 0. The van der Waals surface area contributed by atoms with E-state index in [0.717, 1.165) is 203 Å². The Balaban J connectivity index is 0.847. The smallest absolute Gasteiger partial charge is 0.252 e. The van der Waals surface area contributed by atoms with E-state index in [1.165, 1.54) is 32.8 Å². The minimum Gasteiger partial charge on any atom is -0.311 e. The van der Waals surface area contributed by atoms with E-state index in [4.69, 9.17) is 0 Å². The number of para-hydroxylation sites is 10. The van der Waals surface area contributed by atoms with E-state index in [-0.39, 0.29) is 0 Å². The van der Waals surface area contributed by atoms with Crippen LogP contribution in [-0.2, 0) is 0 Å². The molecule has 140 heavy (non-hydrogen) atoms. The van der Waals surface area contributed by atoms with Gasteiger partial charge in [-0.15, -0.1) is 0 Å². The van der Waals surface area contributed by atoms with Crippen molar-refractivity contribution in [2.75, 3.05) is 29.4 Å². The first kappa shape index (κ1) is 82.4. The third kappa shape index (κ3) is 14.1. The van der Waals surface area contributed by atoms with Gasteiger partial charge in [0.1, 0.15) is 0 Å². The lowest BCUT2D eigenvalue weighted by Crippen LogP contribution is -2.65. The highest BCUT2D eigenvalue weighted by atomic mass is 15.2. The second kappa shape index (κ2) is 35.2. The Morgan fingerprint density at radius 1 is 0.136 bits per heavy atom. The van der Waals surface area contributed by atoms with Crippen molar-refractivity contribution in [3.05, 3.63) is 546 Å². The summed E-state index contributed by atoms with van der Waals surface area (Å²) < 4.78 is 0. The Morgan fingerprint density at radius 3 is 0.636 bits per heavy atom. The zero-order valence-corrected chi connectivity index (χ0v) is 76.8. The Labute approximate surface area is 818 Å². The Morgan fingerprint density at radius 2 is 0.343 bits per heavy atom. The zero-order valence-electron chi connectivity index (χ0n) is 76.8. The van der Waals surface area contributed by atoms with Crippen molar-refractivity contribution in [2.24, 2.45) is 0 Å². The average molecular weight is 1780 g/mol. The van der Waals surface area contributed by atoms with Crippen LogP contribution in [-0.4, -0.2) is 13.4 Å². The van der Waals surface area contributed by atoms with Crippen LogP contribution in [0.2, 0.25) is 0 Å². The summed E-state index contributed by atoms with van der Waals surface area (Å²) in [7, 11) is 0. The molecule has 8 heteroatoms. The highest BCUT2D eigenvalue weighted by Crippen LogP contribution is 2.59. The molecule has 0 unspecified atom stereocenters. The third-order valence-electron chi connectivity index (χ3n) is 28.6. The summed E-state index contributed by atoms with van der Waals surface area (Å²) >= 11 is 0. The minimum absolute atomic E-state index is 0.392. The highest BCUT2D eigenvalue weighted by molar-refractivity contribution is 7.03. The van der Waals surface area contributed by atoms with Crippen molar-refractivity contribution in [1.82, 2.24) is 0 Å². The van der Waals surface area contributed by atoms with E-state index in [0.29, 0.717) is 0 Å². The van der Waals surface area contributed by atoms with Gasteiger partial charge in [0, 0.05) is 95.6 Å². The summed E-state index contributed by atoms with van der Waals surface area (Å²) in [5, 5.41) is 0. The molecule has 0 saturated heterocycles. The summed E-state index contributed by atoms with van der Waals surface area (Å²) in [4.78, 5) is 15.9. The Bertz CT molecular complexity index is 8240. The van der Waals surface area contributed by atoms with E-state index in [1.807, 2.05) is 0 Å². The lowest BCUT2D eigenvalue weighted by Gasteiger charge is -2.48. The van der Waals surface area contributed by atoms with E-state index in [1.54, 1.807) is 0 Å². The van der Waals surface area contributed by atoms with Gasteiger partial charge in [0.05, 0.1) is 56.9 Å². The van der Waals surface area contributed by atoms with Crippen LogP contribution in [0.25, 0.3) is 100 Å². The van der Waals surface area contributed by atoms with Crippen molar-refractivity contribution in [3.8, 4) is 100 Å². The summed E-state index contributed by atoms with van der Waals surface area (Å²) in [6, 6.07) is 204. The van der Waals surface area contributed by atoms with Crippen LogP contribution in [0, 0.1) is 0 Å². The maximum atomic E-state index is 2.75. The topological polar surface area (TPSA) is 19.4 Å². The molecule has 0 N–H and O–H groups in total. The van der Waals surface area contributed by atoms with Gasteiger partial charge in [0.25, 0.3) is 13.4 Å². The summed E-state index contributed by atoms with van der Waals surface area (Å²) in [6.07, 6.45) is 0. The van der Waals surface area contributed by atoms with E-state index < -0.39 is 13.4 Å². The highest BCUT2D eigenvalue weighted by Gasteiger charge is 2.51. The predicted molar refractivity (Wildman–Crippen MR) is 593 cm³/mol. The van der Waals surface area contributed by atoms with Gasteiger partial charge in [-0.25, -0.2) is 0 Å². The number of rotatable bonds is 19. The lowest BCUT2D eigenvalue weighted by atomic mass is 9.30. The van der Waals surface area contributed by atoms with E-state index in [2.05, 4.69) is 575 Å². The van der Waals surface area contributed by atoms with Gasteiger partial charge in [-0.1, -0.05) is 461 Å².